The van der Waals surface area contributed by atoms with E-state index in [1.54, 1.807) is 13.0 Å². The van der Waals surface area contributed by atoms with Gasteiger partial charge >= 0.3 is 29.6 Å². The summed E-state index contributed by atoms with van der Waals surface area (Å²) >= 11 is 4.33. The minimum absolute atomic E-state index is 0. The van der Waals surface area contributed by atoms with Gasteiger partial charge < -0.3 is 9.87 Å². The van der Waals surface area contributed by atoms with Crippen LogP contribution in [0.3, 0.4) is 0 Å². The molecule has 0 saturated carbocycles. The Balaban J connectivity index is 0.00000225. The topological polar surface area (TPSA) is 69.2 Å². The molecule has 16 heavy (non-hydrogen) atoms. The predicted molar refractivity (Wildman–Crippen MR) is 59.0 cm³/mol. The first kappa shape index (κ1) is 16.0. The van der Waals surface area contributed by atoms with Gasteiger partial charge in [-0.05, 0) is 39.0 Å². The van der Waals surface area contributed by atoms with Gasteiger partial charge in [0.2, 0.25) is 0 Å². The second-order valence-electron chi connectivity index (χ2n) is 2.81. The predicted octanol–water partition coefficient (Wildman–Crippen LogP) is -2.32. The van der Waals surface area contributed by atoms with Crippen molar-refractivity contribution < 1.29 is 43.1 Å². The molecule has 1 amide bonds. The number of carbonyl (C=O) groups excluding carboxylic acids is 1. The third-order valence-corrected chi connectivity index (χ3v) is 3.17. The van der Waals surface area contributed by atoms with Crippen molar-refractivity contribution in [3.05, 3.63) is 29.8 Å². The Morgan fingerprint density at radius 2 is 2.06 bits per heavy atom. The van der Waals surface area contributed by atoms with Gasteiger partial charge in [0.1, 0.15) is 0 Å². The van der Waals surface area contributed by atoms with Crippen LogP contribution in [-0.4, -0.2) is 21.2 Å². The zero-order chi connectivity index (χ0) is 11.5. The van der Waals surface area contributed by atoms with Crippen molar-refractivity contribution in [2.45, 2.75) is 11.8 Å². The molecule has 0 bridgehead atoms. The van der Waals surface area contributed by atoms with Crippen LogP contribution >= 0.6 is 0 Å². The normalized spacial score (nSPS) is 13.4. The van der Waals surface area contributed by atoms with Gasteiger partial charge in [-0.3, -0.25) is 9.00 Å². The SMILES string of the molecule is CCNC(=O)c1ccccc1S(=O)([O-])=S.[Na+]. The summed E-state index contributed by atoms with van der Waals surface area (Å²) in [6.07, 6.45) is 0. The minimum atomic E-state index is -3.77. The molecule has 0 fully saturated rings. The van der Waals surface area contributed by atoms with Crippen LogP contribution in [0.1, 0.15) is 17.3 Å². The maximum Gasteiger partial charge on any atom is 1.00 e. The van der Waals surface area contributed by atoms with Gasteiger partial charge in [-0.15, -0.1) is 0 Å². The molecule has 1 unspecified atom stereocenters. The van der Waals surface area contributed by atoms with Gasteiger partial charge in [-0.1, -0.05) is 12.1 Å². The van der Waals surface area contributed by atoms with Crippen molar-refractivity contribution in [2.75, 3.05) is 6.54 Å². The molecule has 1 atom stereocenters. The van der Waals surface area contributed by atoms with Crippen molar-refractivity contribution in [3.63, 3.8) is 0 Å². The third-order valence-electron chi connectivity index (χ3n) is 1.74. The van der Waals surface area contributed by atoms with Gasteiger partial charge in [0.25, 0.3) is 5.91 Å². The van der Waals surface area contributed by atoms with Crippen LogP contribution in [0.2, 0.25) is 0 Å². The van der Waals surface area contributed by atoms with Crippen molar-refractivity contribution in [2.24, 2.45) is 0 Å². The first-order valence-corrected chi connectivity index (χ1v) is 6.70. The molecule has 1 rings (SSSR count). The summed E-state index contributed by atoms with van der Waals surface area (Å²) in [5, 5.41) is 2.52. The van der Waals surface area contributed by atoms with E-state index in [1.807, 2.05) is 0 Å². The van der Waals surface area contributed by atoms with Gasteiger partial charge in [-0.25, -0.2) is 0 Å². The fraction of sp³-hybridized carbons (Fsp3) is 0.222. The molecule has 0 aliphatic carbocycles. The molecule has 0 aliphatic heterocycles. The summed E-state index contributed by atoms with van der Waals surface area (Å²) in [6, 6.07) is 5.88. The summed E-state index contributed by atoms with van der Waals surface area (Å²) in [5.41, 5.74) is 0.0920. The Kier molecular flexibility index (Phi) is 6.69. The number of carbonyl (C=O) groups is 1. The monoisotopic (exact) mass is 267 g/mol. The average Bonchev–Trinajstić information content (AvgIpc) is 2.17. The molecule has 1 aromatic rings. The summed E-state index contributed by atoms with van der Waals surface area (Å²) in [5.74, 6) is -0.429. The Labute approximate surface area is 122 Å². The zero-order valence-electron chi connectivity index (χ0n) is 9.06. The molecular formula is C9H10NNaO3S2. The number of nitrogens with one attached hydrogen (secondary N) is 1. The number of hydrogen-bond donors (Lipinski definition) is 1. The zero-order valence-corrected chi connectivity index (χ0v) is 12.7. The van der Waals surface area contributed by atoms with Crippen LogP contribution in [0.4, 0.5) is 0 Å². The Bertz CT molecular complexity index is 473. The molecule has 1 N–H and O–H groups in total. The van der Waals surface area contributed by atoms with Crippen LogP contribution in [-0.2, 0) is 20.0 Å². The molecule has 7 heteroatoms. The Hall–Kier alpha value is 0.0200. The summed E-state index contributed by atoms with van der Waals surface area (Å²) < 4.78 is 22.4. The summed E-state index contributed by atoms with van der Waals surface area (Å²) in [4.78, 5) is 11.4. The van der Waals surface area contributed by atoms with E-state index in [0.29, 0.717) is 6.54 Å². The molecule has 0 aliphatic rings. The van der Waals surface area contributed by atoms with E-state index in [9.17, 15) is 13.6 Å². The van der Waals surface area contributed by atoms with E-state index in [1.165, 1.54) is 18.2 Å². The molecule has 1 aromatic carbocycles. The van der Waals surface area contributed by atoms with Crippen molar-refractivity contribution in [1.29, 1.82) is 0 Å². The van der Waals surface area contributed by atoms with Crippen molar-refractivity contribution in [3.8, 4) is 0 Å². The first-order valence-electron chi connectivity index (χ1n) is 4.30. The third kappa shape index (κ3) is 4.12. The smallest absolute Gasteiger partial charge is 0.766 e. The molecule has 0 saturated heterocycles. The molecule has 0 heterocycles. The number of hydrogen-bond acceptors (Lipinski definition) is 4. The van der Waals surface area contributed by atoms with Crippen LogP contribution in [0.15, 0.2) is 29.2 Å². The average molecular weight is 267 g/mol. The first-order chi connectivity index (χ1) is 6.96. The quantitative estimate of drug-likeness (QED) is 0.624. The second-order valence-corrected chi connectivity index (χ2v) is 5.47. The molecule has 0 spiro atoms. The standard InChI is InChI=1S/C9H11NO3S2.Na/c1-2-10-9(11)7-5-3-4-6-8(7)15(12,13)14;/h3-6H,2H2,1H3,(H,10,11)(H,12,13,14);/q;+1/p-1. The molecule has 0 aromatic heterocycles. The van der Waals surface area contributed by atoms with E-state index in [4.69, 9.17) is 0 Å². The van der Waals surface area contributed by atoms with E-state index in [0.717, 1.165) is 0 Å². The van der Waals surface area contributed by atoms with E-state index in [2.05, 4.69) is 16.5 Å². The van der Waals surface area contributed by atoms with Crippen LogP contribution in [0, 0.1) is 0 Å². The van der Waals surface area contributed by atoms with Gasteiger partial charge in [-0.2, -0.15) is 0 Å². The number of benzene rings is 1. The van der Waals surface area contributed by atoms with Gasteiger partial charge in [0.15, 0.2) is 0 Å². The Morgan fingerprint density at radius 3 is 2.56 bits per heavy atom. The minimum Gasteiger partial charge on any atom is -0.766 e. The Morgan fingerprint density at radius 1 is 1.50 bits per heavy atom. The molecule has 4 nitrogen and oxygen atoms in total. The van der Waals surface area contributed by atoms with Gasteiger partial charge in [0, 0.05) is 11.4 Å². The summed E-state index contributed by atoms with van der Waals surface area (Å²) in [7, 11) is -3.77. The number of rotatable bonds is 3. The second kappa shape index (κ2) is 6.68. The molecule has 82 valence electrons. The largest absolute Gasteiger partial charge is 1.00 e. The maximum atomic E-state index is 11.5. The molecular weight excluding hydrogens is 257 g/mol. The van der Waals surface area contributed by atoms with E-state index < -0.39 is 14.7 Å². The van der Waals surface area contributed by atoms with Crippen molar-refractivity contribution >= 4 is 25.9 Å². The summed E-state index contributed by atoms with van der Waals surface area (Å²) in [6.45, 7) is 2.19. The van der Waals surface area contributed by atoms with E-state index >= 15 is 0 Å². The molecule has 0 radical (unpaired) electrons. The van der Waals surface area contributed by atoms with Crippen LogP contribution in [0.25, 0.3) is 0 Å². The van der Waals surface area contributed by atoms with Crippen LogP contribution in [0.5, 0.6) is 0 Å². The number of amides is 1. The van der Waals surface area contributed by atoms with Crippen molar-refractivity contribution in [1.82, 2.24) is 5.32 Å². The fourth-order valence-corrected chi connectivity index (χ4v) is 2.24. The van der Waals surface area contributed by atoms with Crippen LogP contribution < -0.4 is 34.9 Å². The fourth-order valence-electron chi connectivity index (χ4n) is 1.13. The van der Waals surface area contributed by atoms with Gasteiger partial charge in [0.05, 0.1) is 5.56 Å². The van der Waals surface area contributed by atoms with E-state index in [-0.39, 0.29) is 40.0 Å². The maximum absolute atomic E-state index is 11.5.